The first kappa shape index (κ1) is 26.0. The van der Waals surface area contributed by atoms with Crippen LogP contribution in [0.15, 0.2) is 59.0 Å². The van der Waals surface area contributed by atoms with Gasteiger partial charge in [-0.15, -0.1) is 0 Å². The van der Waals surface area contributed by atoms with Crippen molar-refractivity contribution in [2.75, 3.05) is 46.6 Å². The number of benzene rings is 2. The number of hydrogen-bond donors (Lipinski definition) is 1. The van der Waals surface area contributed by atoms with Crippen LogP contribution in [0.25, 0.3) is 5.76 Å². The number of Topliss-reactive ketones (excluding diaryl/α,β-unsaturated/α-hetero) is 1. The molecule has 2 fully saturated rings. The van der Waals surface area contributed by atoms with Crippen LogP contribution in [0.2, 0.25) is 0 Å². The van der Waals surface area contributed by atoms with E-state index in [0.717, 1.165) is 5.56 Å². The number of rotatable bonds is 8. The van der Waals surface area contributed by atoms with Crippen molar-refractivity contribution in [1.29, 1.82) is 0 Å². The summed E-state index contributed by atoms with van der Waals surface area (Å²) in [6.45, 7) is 3.85. The molecule has 2 aliphatic rings. The van der Waals surface area contributed by atoms with E-state index in [4.69, 9.17) is 9.47 Å². The summed E-state index contributed by atoms with van der Waals surface area (Å²) < 4.78 is 37.6. The molecular weight excluding hydrogens is 484 g/mol. The molecule has 1 N–H and O–H groups in total. The van der Waals surface area contributed by atoms with Crippen LogP contribution in [0.1, 0.15) is 29.2 Å². The van der Waals surface area contributed by atoms with Crippen LogP contribution in [0.3, 0.4) is 0 Å². The molecule has 2 aromatic carbocycles. The van der Waals surface area contributed by atoms with Crippen LogP contribution in [0.5, 0.6) is 0 Å². The van der Waals surface area contributed by atoms with Crippen molar-refractivity contribution in [2.24, 2.45) is 0 Å². The molecule has 1 amide bonds. The number of carbonyl (C=O) groups excluding carboxylic acids is 2. The van der Waals surface area contributed by atoms with Crippen LogP contribution in [-0.2, 0) is 29.1 Å². The Labute approximate surface area is 211 Å². The van der Waals surface area contributed by atoms with Crippen molar-refractivity contribution in [1.82, 2.24) is 9.21 Å². The number of morpholine rings is 1. The lowest BCUT2D eigenvalue weighted by Gasteiger charge is -2.26. The number of aryl methyl sites for hydroxylation is 1. The first-order chi connectivity index (χ1) is 17.3. The Morgan fingerprint density at radius 2 is 1.69 bits per heavy atom. The molecule has 1 unspecified atom stereocenters. The minimum Gasteiger partial charge on any atom is -0.507 e. The standard InChI is InChI=1S/C26H30N2O7S/c1-18-4-6-19(7-5-18)23-22(25(30)26(31)28(23)12-3-15-34-2)24(29)20-8-10-21(11-9-20)36(32,33)27-13-16-35-17-14-27/h4-11,23,29H,3,12-17H2,1-2H3. The minimum atomic E-state index is -3.71. The molecule has 9 nitrogen and oxygen atoms in total. The number of hydrogen-bond acceptors (Lipinski definition) is 7. The Morgan fingerprint density at radius 1 is 1.06 bits per heavy atom. The van der Waals surface area contributed by atoms with Gasteiger partial charge in [0.05, 0.1) is 29.7 Å². The minimum absolute atomic E-state index is 0.0231. The molecule has 0 bridgehead atoms. The normalized spacial score (nSPS) is 20.7. The van der Waals surface area contributed by atoms with E-state index in [1.807, 2.05) is 31.2 Å². The summed E-state index contributed by atoms with van der Waals surface area (Å²) >= 11 is 0. The topological polar surface area (TPSA) is 113 Å². The molecule has 1 atom stereocenters. The third-order valence-corrected chi connectivity index (χ3v) is 8.33. The quantitative estimate of drug-likeness (QED) is 0.249. The third-order valence-electron chi connectivity index (χ3n) is 6.42. The molecule has 4 rings (SSSR count). The number of aliphatic hydroxyl groups is 1. The fraction of sp³-hybridized carbons (Fsp3) is 0.385. The molecule has 2 saturated heterocycles. The molecule has 2 heterocycles. The van der Waals surface area contributed by atoms with Gasteiger partial charge >= 0.3 is 0 Å². The van der Waals surface area contributed by atoms with Crippen LogP contribution >= 0.6 is 0 Å². The van der Waals surface area contributed by atoms with Gasteiger partial charge in [0.2, 0.25) is 10.0 Å². The van der Waals surface area contributed by atoms with Gasteiger partial charge < -0.3 is 19.5 Å². The highest BCUT2D eigenvalue weighted by molar-refractivity contribution is 7.89. The second-order valence-corrected chi connectivity index (χ2v) is 10.7. The molecule has 2 aromatic rings. The number of carbonyl (C=O) groups is 2. The zero-order valence-corrected chi connectivity index (χ0v) is 21.2. The highest BCUT2D eigenvalue weighted by atomic mass is 32.2. The van der Waals surface area contributed by atoms with Crippen molar-refractivity contribution in [3.8, 4) is 0 Å². The van der Waals surface area contributed by atoms with E-state index in [9.17, 15) is 23.1 Å². The van der Waals surface area contributed by atoms with Crippen molar-refractivity contribution < 1.29 is 32.6 Å². The lowest BCUT2D eigenvalue weighted by Crippen LogP contribution is -2.40. The van der Waals surface area contributed by atoms with E-state index in [2.05, 4.69) is 0 Å². The van der Waals surface area contributed by atoms with E-state index >= 15 is 0 Å². The average molecular weight is 515 g/mol. The highest BCUT2D eigenvalue weighted by Gasteiger charge is 2.45. The molecule has 10 heteroatoms. The van der Waals surface area contributed by atoms with E-state index in [1.165, 1.54) is 33.5 Å². The van der Waals surface area contributed by atoms with Crippen LogP contribution in [0.4, 0.5) is 0 Å². The summed E-state index contributed by atoms with van der Waals surface area (Å²) in [7, 11) is -2.14. The van der Waals surface area contributed by atoms with Crippen molar-refractivity contribution >= 4 is 27.5 Å². The van der Waals surface area contributed by atoms with E-state index in [-0.39, 0.29) is 41.4 Å². The molecule has 2 aliphatic heterocycles. The zero-order valence-electron chi connectivity index (χ0n) is 20.3. The molecular formula is C26H30N2O7S. The summed E-state index contributed by atoms with van der Waals surface area (Å²) in [6.07, 6.45) is 0.528. The van der Waals surface area contributed by atoms with Gasteiger partial charge in [0.15, 0.2) is 0 Å². The number of ether oxygens (including phenoxy) is 2. The van der Waals surface area contributed by atoms with Crippen molar-refractivity contribution in [2.45, 2.75) is 24.3 Å². The largest absolute Gasteiger partial charge is 0.507 e. The highest BCUT2D eigenvalue weighted by Crippen LogP contribution is 2.39. The van der Waals surface area contributed by atoms with Gasteiger partial charge in [-0.2, -0.15) is 4.31 Å². The predicted octanol–water partition coefficient (Wildman–Crippen LogP) is 2.47. The summed E-state index contributed by atoms with van der Waals surface area (Å²) in [6, 6.07) is 12.4. The Balaban J connectivity index is 1.71. The van der Waals surface area contributed by atoms with Gasteiger partial charge in [-0.05, 0) is 43.2 Å². The fourth-order valence-electron chi connectivity index (χ4n) is 4.46. The van der Waals surface area contributed by atoms with Gasteiger partial charge in [-0.25, -0.2) is 8.42 Å². The van der Waals surface area contributed by atoms with Crippen molar-refractivity contribution in [3.05, 3.63) is 70.8 Å². The Morgan fingerprint density at radius 3 is 2.31 bits per heavy atom. The van der Waals surface area contributed by atoms with Crippen LogP contribution < -0.4 is 0 Å². The van der Waals surface area contributed by atoms with E-state index in [0.29, 0.717) is 31.8 Å². The first-order valence-corrected chi connectivity index (χ1v) is 13.2. The summed E-state index contributed by atoms with van der Waals surface area (Å²) in [5.41, 5.74) is 1.95. The van der Waals surface area contributed by atoms with Gasteiger partial charge in [-0.1, -0.05) is 29.8 Å². The summed E-state index contributed by atoms with van der Waals surface area (Å²) in [4.78, 5) is 27.6. The Kier molecular flexibility index (Phi) is 7.89. The molecule has 0 radical (unpaired) electrons. The van der Waals surface area contributed by atoms with Crippen molar-refractivity contribution in [3.63, 3.8) is 0 Å². The molecule has 0 aromatic heterocycles. The van der Waals surface area contributed by atoms with Gasteiger partial charge in [0.1, 0.15) is 5.76 Å². The van der Waals surface area contributed by atoms with E-state index < -0.39 is 27.8 Å². The maximum Gasteiger partial charge on any atom is 0.295 e. The lowest BCUT2D eigenvalue weighted by molar-refractivity contribution is -0.140. The predicted molar refractivity (Wildman–Crippen MR) is 133 cm³/mol. The van der Waals surface area contributed by atoms with Gasteiger partial charge in [0, 0.05) is 38.9 Å². The van der Waals surface area contributed by atoms with Gasteiger partial charge in [0.25, 0.3) is 11.7 Å². The number of sulfonamides is 1. The smallest absolute Gasteiger partial charge is 0.295 e. The maximum atomic E-state index is 13.1. The van der Waals surface area contributed by atoms with Gasteiger partial charge in [-0.3, -0.25) is 9.59 Å². The van der Waals surface area contributed by atoms with E-state index in [1.54, 1.807) is 7.11 Å². The molecule has 192 valence electrons. The zero-order chi connectivity index (χ0) is 25.9. The summed E-state index contributed by atoms with van der Waals surface area (Å²) in [5.74, 6) is -1.81. The molecule has 0 aliphatic carbocycles. The summed E-state index contributed by atoms with van der Waals surface area (Å²) in [5, 5.41) is 11.2. The number of methoxy groups -OCH3 is 1. The SMILES string of the molecule is COCCCN1C(=O)C(=O)C(=C(O)c2ccc(S(=O)(=O)N3CCOCC3)cc2)C1c1ccc(C)cc1. The number of nitrogens with zero attached hydrogens (tertiary/aromatic N) is 2. The number of ketones is 1. The van der Waals surface area contributed by atoms with Crippen LogP contribution in [0, 0.1) is 6.92 Å². The molecule has 36 heavy (non-hydrogen) atoms. The second-order valence-electron chi connectivity index (χ2n) is 8.79. The Hall–Kier alpha value is -3.05. The number of amides is 1. The number of aliphatic hydroxyl groups excluding tert-OH is 1. The molecule has 0 saturated carbocycles. The first-order valence-electron chi connectivity index (χ1n) is 11.8. The third kappa shape index (κ3) is 5.08. The monoisotopic (exact) mass is 514 g/mol. The number of likely N-dealkylation sites (tertiary alicyclic amines) is 1. The maximum absolute atomic E-state index is 13.1. The lowest BCUT2D eigenvalue weighted by atomic mass is 9.94. The Bertz CT molecular complexity index is 1250. The fourth-order valence-corrected chi connectivity index (χ4v) is 5.87. The second kappa shape index (κ2) is 10.9. The molecule has 0 spiro atoms. The van der Waals surface area contributed by atoms with Crippen LogP contribution in [-0.4, -0.2) is 81.0 Å². The average Bonchev–Trinajstić information content (AvgIpc) is 3.14.